The van der Waals surface area contributed by atoms with Gasteiger partial charge in [0.1, 0.15) is 0 Å². The predicted molar refractivity (Wildman–Crippen MR) is 97.1 cm³/mol. The van der Waals surface area contributed by atoms with Crippen molar-refractivity contribution in [1.82, 2.24) is 26.2 Å². The lowest BCUT2D eigenvalue weighted by Crippen LogP contribution is -2.42. The molecule has 1 rings (SSSR count). The van der Waals surface area contributed by atoms with Crippen LogP contribution in [-0.4, -0.2) is 74.8 Å². The lowest BCUT2D eigenvalue weighted by atomic mass is 9.94. The Balaban J connectivity index is 2.36. The van der Waals surface area contributed by atoms with Crippen LogP contribution in [0.3, 0.4) is 0 Å². The highest BCUT2D eigenvalue weighted by Crippen LogP contribution is 2.22. The van der Waals surface area contributed by atoms with Crippen LogP contribution in [0.15, 0.2) is 0 Å². The molecule has 1 aliphatic rings. The summed E-state index contributed by atoms with van der Waals surface area (Å²) in [6.07, 6.45) is 1.29. The minimum atomic E-state index is -0.379. The van der Waals surface area contributed by atoms with Gasteiger partial charge in [-0.1, -0.05) is 0 Å². The summed E-state index contributed by atoms with van der Waals surface area (Å²) in [5, 5.41) is 11.0. The van der Waals surface area contributed by atoms with E-state index in [1.807, 2.05) is 11.9 Å². The van der Waals surface area contributed by atoms with Crippen LogP contribution < -0.4 is 21.3 Å². The molecule has 0 spiro atoms. The Morgan fingerprint density at radius 2 is 1.08 bits per heavy atom. The lowest BCUT2D eigenvalue weighted by Gasteiger charge is -2.18. The maximum absolute atomic E-state index is 12.4. The van der Waals surface area contributed by atoms with Crippen LogP contribution in [0.1, 0.15) is 26.7 Å². The van der Waals surface area contributed by atoms with Crippen molar-refractivity contribution in [3.8, 4) is 0 Å². The van der Waals surface area contributed by atoms with Crippen LogP contribution in [-0.2, 0) is 19.2 Å². The van der Waals surface area contributed by atoms with Gasteiger partial charge in [0.15, 0.2) is 0 Å². The Morgan fingerprint density at radius 3 is 1.42 bits per heavy atom. The van der Waals surface area contributed by atoms with Crippen molar-refractivity contribution in [3.63, 3.8) is 0 Å². The third kappa shape index (κ3) is 8.28. The number of likely N-dealkylation sites (tertiary alicyclic amines) is 1. The molecule has 0 saturated carbocycles. The third-order valence-corrected chi connectivity index (χ3v) is 4.23. The molecule has 0 aromatic heterocycles. The van der Waals surface area contributed by atoms with E-state index in [2.05, 4.69) is 21.3 Å². The average Bonchev–Trinajstić information content (AvgIpc) is 2.95. The van der Waals surface area contributed by atoms with Crippen molar-refractivity contribution >= 4 is 23.6 Å². The maximum Gasteiger partial charge on any atom is 0.225 e. The average molecular weight is 369 g/mol. The van der Waals surface area contributed by atoms with Gasteiger partial charge < -0.3 is 26.2 Å². The van der Waals surface area contributed by atoms with Gasteiger partial charge in [-0.3, -0.25) is 19.2 Å². The number of carbonyl (C=O) groups excluding carboxylic acids is 4. The fraction of sp³-hybridized carbons (Fsp3) is 0.765. The zero-order valence-corrected chi connectivity index (χ0v) is 15.9. The van der Waals surface area contributed by atoms with E-state index in [-0.39, 0.29) is 35.5 Å². The summed E-state index contributed by atoms with van der Waals surface area (Å²) in [6, 6.07) is 0. The van der Waals surface area contributed by atoms with Crippen LogP contribution in [0, 0.1) is 11.8 Å². The molecule has 0 aromatic rings. The smallest absolute Gasteiger partial charge is 0.225 e. The summed E-state index contributed by atoms with van der Waals surface area (Å²) < 4.78 is 0. The van der Waals surface area contributed by atoms with Gasteiger partial charge in [0, 0.05) is 53.1 Å². The van der Waals surface area contributed by atoms with Crippen LogP contribution in [0.2, 0.25) is 0 Å². The second-order valence-electron chi connectivity index (χ2n) is 6.69. The molecule has 1 aliphatic heterocycles. The summed E-state index contributed by atoms with van der Waals surface area (Å²) in [5.74, 6) is -1.20. The molecule has 0 aliphatic carbocycles. The van der Waals surface area contributed by atoms with E-state index in [0.717, 1.165) is 0 Å². The zero-order valence-electron chi connectivity index (χ0n) is 15.9. The van der Waals surface area contributed by atoms with Crippen molar-refractivity contribution in [2.24, 2.45) is 11.8 Å². The fourth-order valence-corrected chi connectivity index (χ4v) is 2.92. The van der Waals surface area contributed by atoms with Crippen molar-refractivity contribution in [2.45, 2.75) is 26.7 Å². The van der Waals surface area contributed by atoms with Gasteiger partial charge in [0.2, 0.25) is 23.6 Å². The molecule has 0 aromatic carbocycles. The van der Waals surface area contributed by atoms with Gasteiger partial charge in [-0.15, -0.1) is 0 Å². The minimum absolute atomic E-state index is 0.0935. The van der Waals surface area contributed by atoms with Crippen molar-refractivity contribution in [1.29, 1.82) is 0 Å². The number of nitrogens with zero attached hydrogens (tertiary/aromatic N) is 1. The van der Waals surface area contributed by atoms with E-state index >= 15 is 0 Å². The SMILES string of the molecule is CC(=O)NCCCNC(=O)[C@@H]1CN(C)C[C@H]1C(=O)NCCCNC(C)=O. The highest BCUT2D eigenvalue weighted by Gasteiger charge is 2.40. The van der Waals surface area contributed by atoms with E-state index in [1.54, 1.807) is 0 Å². The van der Waals surface area contributed by atoms with E-state index < -0.39 is 0 Å². The van der Waals surface area contributed by atoms with Crippen LogP contribution in [0.4, 0.5) is 0 Å². The first-order valence-electron chi connectivity index (χ1n) is 9.04. The topological polar surface area (TPSA) is 120 Å². The zero-order chi connectivity index (χ0) is 19.5. The summed E-state index contributed by atoms with van der Waals surface area (Å²) >= 11 is 0. The molecule has 1 heterocycles. The number of amides is 4. The van der Waals surface area contributed by atoms with Crippen LogP contribution in [0.5, 0.6) is 0 Å². The van der Waals surface area contributed by atoms with Crippen molar-refractivity contribution < 1.29 is 19.2 Å². The number of carbonyl (C=O) groups is 4. The largest absolute Gasteiger partial charge is 0.356 e. The van der Waals surface area contributed by atoms with E-state index in [9.17, 15) is 19.2 Å². The highest BCUT2D eigenvalue weighted by molar-refractivity contribution is 5.88. The fourth-order valence-electron chi connectivity index (χ4n) is 2.92. The predicted octanol–water partition coefficient (Wildman–Crippen LogP) is -1.55. The summed E-state index contributed by atoms with van der Waals surface area (Å²) in [5.41, 5.74) is 0. The van der Waals surface area contributed by atoms with Gasteiger partial charge in [-0.05, 0) is 19.9 Å². The molecular weight excluding hydrogens is 338 g/mol. The molecule has 0 radical (unpaired) electrons. The Morgan fingerprint density at radius 1 is 0.731 bits per heavy atom. The molecule has 4 amide bonds. The normalized spacial score (nSPS) is 19.7. The second-order valence-corrected chi connectivity index (χ2v) is 6.69. The molecule has 26 heavy (non-hydrogen) atoms. The van der Waals surface area contributed by atoms with Crippen LogP contribution >= 0.6 is 0 Å². The molecule has 0 unspecified atom stereocenters. The number of nitrogens with one attached hydrogen (secondary N) is 4. The number of hydrogen-bond donors (Lipinski definition) is 4. The van der Waals surface area contributed by atoms with Gasteiger partial charge in [0.25, 0.3) is 0 Å². The summed E-state index contributed by atoms with van der Waals surface area (Å²) in [7, 11) is 1.89. The molecule has 148 valence electrons. The van der Waals surface area contributed by atoms with Gasteiger partial charge in [-0.25, -0.2) is 0 Å². The standard InChI is InChI=1S/C17H31N5O4/c1-12(23)18-6-4-8-20-16(25)14-10-22(3)11-15(14)17(26)21-9-5-7-19-13(2)24/h14-15H,4-11H2,1-3H3,(H,18,23)(H,19,24)(H,20,25)(H,21,26)/t14-,15-/m1/s1. The summed E-state index contributed by atoms with van der Waals surface area (Å²) in [4.78, 5) is 48.4. The lowest BCUT2D eigenvalue weighted by molar-refractivity contribution is -0.132. The number of hydrogen-bond acceptors (Lipinski definition) is 5. The Kier molecular flexibility index (Phi) is 9.64. The molecular formula is C17H31N5O4. The monoisotopic (exact) mass is 369 g/mol. The second kappa shape index (κ2) is 11.5. The van der Waals surface area contributed by atoms with E-state index in [1.165, 1.54) is 13.8 Å². The minimum Gasteiger partial charge on any atom is -0.356 e. The molecule has 9 nitrogen and oxygen atoms in total. The molecule has 1 saturated heterocycles. The molecule has 9 heteroatoms. The number of rotatable bonds is 10. The van der Waals surface area contributed by atoms with Gasteiger partial charge in [0.05, 0.1) is 11.8 Å². The third-order valence-electron chi connectivity index (χ3n) is 4.23. The van der Waals surface area contributed by atoms with E-state index in [0.29, 0.717) is 52.1 Å². The van der Waals surface area contributed by atoms with Crippen molar-refractivity contribution in [2.75, 3.05) is 46.3 Å². The van der Waals surface area contributed by atoms with Crippen molar-refractivity contribution in [3.05, 3.63) is 0 Å². The molecule has 0 bridgehead atoms. The Labute approximate surface area is 154 Å². The van der Waals surface area contributed by atoms with E-state index in [4.69, 9.17) is 0 Å². The summed E-state index contributed by atoms with van der Waals surface area (Å²) in [6.45, 7) is 5.94. The van der Waals surface area contributed by atoms with Crippen LogP contribution in [0.25, 0.3) is 0 Å². The molecule has 1 fully saturated rings. The van der Waals surface area contributed by atoms with Gasteiger partial charge in [-0.2, -0.15) is 0 Å². The maximum atomic E-state index is 12.4. The molecule has 4 N–H and O–H groups in total. The first kappa shape index (κ1) is 21.9. The quantitative estimate of drug-likeness (QED) is 0.348. The first-order chi connectivity index (χ1) is 12.3. The Bertz CT molecular complexity index is 467. The Hall–Kier alpha value is -2.16. The van der Waals surface area contributed by atoms with Gasteiger partial charge >= 0.3 is 0 Å². The molecule has 2 atom stereocenters. The highest BCUT2D eigenvalue weighted by atomic mass is 16.2. The first-order valence-corrected chi connectivity index (χ1v) is 9.04.